The van der Waals surface area contributed by atoms with Crippen LogP contribution in [0.1, 0.15) is 47.0 Å². The van der Waals surface area contributed by atoms with Crippen LogP contribution in [0.25, 0.3) is 0 Å². The second-order valence-corrected chi connectivity index (χ2v) is 4.72. The van der Waals surface area contributed by atoms with Crippen molar-refractivity contribution in [1.82, 2.24) is 4.90 Å². The molecule has 0 saturated heterocycles. The summed E-state index contributed by atoms with van der Waals surface area (Å²) >= 11 is 0. The van der Waals surface area contributed by atoms with E-state index in [0.29, 0.717) is 30.3 Å². The third kappa shape index (κ3) is 3.02. The van der Waals surface area contributed by atoms with Gasteiger partial charge in [0, 0.05) is 18.5 Å². The van der Waals surface area contributed by atoms with Gasteiger partial charge in [-0.25, -0.2) is 0 Å². The van der Waals surface area contributed by atoms with Crippen LogP contribution in [0.3, 0.4) is 0 Å². The molecule has 76 valence electrons. The molecule has 0 N–H and O–H groups in total. The molecule has 0 aromatic rings. The van der Waals surface area contributed by atoms with E-state index in [9.17, 15) is 4.79 Å². The van der Waals surface area contributed by atoms with Crippen LogP contribution < -0.4 is 0 Å². The molecule has 1 amide bonds. The fourth-order valence-electron chi connectivity index (χ4n) is 1.72. The van der Waals surface area contributed by atoms with E-state index in [-0.39, 0.29) is 0 Å². The molecule has 0 aromatic heterocycles. The zero-order valence-corrected chi connectivity index (χ0v) is 9.21. The number of amides is 1. The molecule has 2 nitrogen and oxygen atoms in total. The van der Waals surface area contributed by atoms with E-state index in [1.165, 1.54) is 12.8 Å². The molecule has 0 aromatic carbocycles. The maximum Gasteiger partial charge on any atom is 0.223 e. The Hall–Kier alpha value is -0.530. The first-order chi connectivity index (χ1) is 6.02. The van der Waals surface area contributed by atoms with Crippen molar-refractivity contribution in [2.45, 2.75) is 59.0 Å². The minimum Gasteiger partial charge on any atom is -0.337 e. The van der Waals surface area contributed by atoms with Crippen molar-refractivity contribution in [2.24, 2.45) is 5.92 Å². The third-order valence-corrected chi connectivity index (χ3v) is 2.37. The SMILES string of the molecule is CC(C)CC(=O)N(C(C)C)C1CC1. The number of rotatable bonds is 4. The van der Waals surface area contributed by atoms with Gasteiger partial charge in [0.25, 0.3) is 0 Å². The molecule has 1 aliphatic carbocycles. The lowest BCUT2D eigenvalue weighted by Crippen LogP contribution is -2.39. The first kappa shape index (κ1) is 10.6. The van der Waals surface area contributed by atoms with Crippen molar-refractivity contribution < 1.29 is 4.79 Å². The van der Waals surface area contributed by atoms with Gasteiger partial charge in [-0.3, -0.25) is 4.79 Å². The highest BCUT2D eigenvalue weighted by Crippen LogP contribution is 2.29. The van der Waals surface area contributed by atoms with Gasteiger partial charge < -0.3 is 4.90 Å². The number of nitrogens with zero attached hydrogens (tertiary/aromatic N) is 1. The van der Waals surface area contributed by atoms with Gasteiger partial charge in [0.1, 0.15) is 0 Å². The average molecular weight is 183 g/mol. The van der Waals surface area contributed by atoms with E-state index >= 15 is 0 Å². The molecule has 0 spiro atoms. The van der Waals surface area contributed by atoms with Crippen molar-refractivity contribution in [2.75, 3.05) is 0 Å². The first-order valence-corrected chi connectivity index (χ1v) is 5.33. The summed E-state index contributed by atoms with van der Waals surface area (Å²) in [7, 11) is 0. The fourth-order valence-corrected chi connectivity index (χ4v) is 1.72. The lowest BCUT2D eigenvalue weighted by Gasteiger charge is -2.27. The van der Waals surface area contributed by atoms with Crippen molar-refractivity contribution >= 4 is 5.91 Å². The molecule has 1 fully saturated rings. The van der Waals surface area contributed by atoms with E-state index < -0.39 is 0 Å². The monoisotopic (exact) mass is 183 g/mol. The Morgan fingerprint density at radius 2 is 1.85 bits per heavy atom. The quantitative estimate of drug-likeness (QED) is 0.655. The maximum atomic E-state index is 11.8. The zero-order valence-electron chi connectivity index (χ0n) is 9.21. The lowest BCUT2D eigenvalue weighted by molar-refractivity contribution is -0.134. The Balaban J connectivity index is 2.48. The summed E-state index contributed by atoms with van der Waals surface area (Å²) in [6.07, 6.45) is 3.12. The Labute approximate surface area is 81.3 Å². The van der Waals surface area contributed by atoms with Crippen molar-refractivity contribution in [3.05, 3.63) is 0 Å². The summed E-state index contributed by atoms with van der Waals surface area (Å²) < 4.78 is 0. The van der Waals surface area contributed by atoms with Gasteiger partial charge in [0.15, 0.2) is 0 Å². The largest absolute Gasteiger partial charge is 0.337 e. The molecule has 1 saturated carbocycles. The first-order valence-electron chi connectivity index (χ1n) is 5.33. The molecule has 0 heterocycles. The predicted octanol–water partition coefficient (Wildman–Crippen LogP) is 2.43. The molecule has 13 heavy (non-hydrogen) atoms. The molecule has 1 aliphatic rings. The van der Waals surface area contributed by atoms with Gasteiger partial charge in [-0.2, -0.15) is 0 Å². The van der Waals surface area contributed by atoms with Crippen LogP contribution in [0.2, 0.25) is 0 Å². The molecular weight excluding hydrogens is 162 g/mol. The van der Waals surface area contributed by atoms with Crippen LogP contribution in [-0.4, -0.2) is 22.9 Å². The minimum atomic E-state index is 0.340. The summed E-state index contributed by atoms with van der Waals surface area (Å²) in [6, 6.07) is 0.935. The van der Waals surface area contributed by atoms with E-state index in [1.807, 2.05) is 0 Å². The van der Waals surface area contributed by atoms with E-state index in [1.54, 1.807) is 0 Å². The third-order valence-electron chi connectivity index (χ3n) is 2.37. The Bertz CT molecular complexity index is 181. The van der Waals surface area contributed by atoms with Crippen LogP contribution in [0, 0.1) is 5.92 Å². The van der Waals surface area contributed by atoms with E-state index in [4.69, 9.17) is 0 Å². The van der Waals surface area contributed by atoms with Gasteiger partial charge in [-0.1, -0.05) is 13.8 Å². The number of hydrogen-bond donors (Lipinski definition) is 0. The Kier molecular flexibility index (Phi) is 3.34. The predicted molar refractivity (Wildman–Crippen MR) is 54.5 cm³/mol. The van der Waals surface area contributed by atoms with Crippen LogP contribution in [0.15, 0.2) is 0 Å². The van der Waals surface area contributed by atoms with Gasteiger partial charge in [-0.05, 0) is 32.6 Å². The van der Waals surface area contributed by atoms with Crippen molar-refractivity contribution in [3.8, 4) is 0 Å². The molecule has 0 unspecified atom stereocenters. The highest BCUT2D eigenvalue weighted by Gasteiger charge is 2.33. The summed E-state index contributed by atoms with van der Waals surface area (Å²) in [5.74, 6) is 0.819. The molecule has 1 rings (SSSR count). The van der Waals surface area contributed by atoms with Gasteiger partial charge in [0.05, 0.1) is 0 Å². The smallest absolute Gasteiger partial charge is 0.223 e. The minimum absolute atomic E-state index is 0.340. The van der Waals surface area contributed by atoms with Crippen molar-refractivity contribution in [1.29, 1.82) is 0 Å². The van der Waals surface area contributed by atoms with Crippen LogP contribution >= 0.6 is 0 Å². The van der Waals surface area contributed by atoms with E-state index in [2.05, 4.69) is 32.6 Å². The normalized spacial score (nSPS) is 16.8. The maximum absolute atomic E-state index is 11.8. The van der Waals surface area contributed by atoms with E-state index in [0.717, 1.165) is 0 Å². The molecule has 0 radical (unpaired) electrons. The Morgan fingerprint density at radius 1 is 1.31 bits per heavy atom. The summed E-state index contributed by atoms with van der Waals surface area (Å²) in [5, 5.41) is 0. The standard InChI is InChI=1S/C11H21NO/c1-8(2)7-11(13)12(9(3)4)10-5-6-10/h8-10H,5-7H2,1-4H3. The molecule has 0 bridgehead atoms. The molecule has 0 atom stereocenters. The highest BCUT2D eigenvalue weighted by atomic mass is 16.2. The topological polar surface area (TPSA) is 20.3 Å². The number of carbonyl (C=O) groups is 1. The second kappa shape index (κ2) is 4.12. The van der Waals surface area contributed by atoms with Gasteiger partial charge in [0.2, 0.25) is 5.91 Å². The van der Waals surface area contributed by atoms with Crippen LogP contribution in [0.5, 0.6) is 0 Å². The second-order valence-electron chi connectivity index (χ2n) is 4.72. The van der Waals surface area contributed by atoms with Crippen LogP contribution in [0.4, 0.5) is 0 Å². The Morgan fingerprint density at radius 3 is 2.15 bits per heavy atom. The van der Waals surface area contributed by atoms with Gasteiger partial charge >= 0.3 is 0 Å². The number of hydrogen-bond acceptors (Lipinski definition) is 1. The lowest BCUT2D eigenvalue weighted by atomic mass is 10.1. The summed E-state index contributed by atoms with van der Waals surface area (Å²) in [4.78, 5) is 13.9. The van der Waals surface area contributed by atoms with Crippen LogP contribution in [-0.2, 0) is 4.79 Å². The summed E-state index contributed by atoms with van der Waals surface area (Å²) in [6.45, 7) is 8.42. The fraction of sp³-hybridized carbons (Fsp3) is 0.909. The molecule has 2 heteroatoms. The molecule has 0 aliphatic heterocycles. The average Bonchev–Trinajstić information content (AvgIpc) is 2.68. The van der Waals surface area contributed by atoms with Gasteiger partial charge in [-0.15, -0.1) is 0 Å². The zero-order chi connectivity index (χ0) is 10.0. The highest BCUT2D eigenvalue weighted by molar-refractivity contribution is 5.77. The van der Waals surface area contributed by atoms with Crippen molar-refractivity contribution in [3.63, 3.8) is 0 Å². The molecular formula is C11H21NO. The summed E-state index contributed by atoms with van der Waals surface area (Å²) in [5.41, 5.74) is 0. The number of carbonyl (C=O) groups excluding carboxylic acids is 1.